The number of amides is 2. The molecule has 1 aliphatic rings. The van der Waals surface area contributed by atoms with Crippen LogP contribution in [0.25, 0.3) is 0 Å². The maximum absolute atomic E-state index is 12.7. The minimum atomic E-state index is -0.946. The molecule has 0 aromatic heterocycles. The van der Waals surface area contributed by atoms with Crippen LogP contribution in [-0.4, -0.2) is 24.0 Å². The van der Waals surface area contributed by atoms with Crippen molar-refractivity contribution >= 4 is 23.2 Å². The van der Waals surface area contributed by atoms with E-state index in [-0.39, 0.29) is 18.2 Å². The van der Waals surface area contributed by atoms with Gasteiger partial charge in [0.2, 0.25) is 5.91 Å². The van der Waals surface area contributed by atoms with E-state index in [0.29, 0.717) is 18.0 Å². The van der Waals surface area contributed by atoms with Gasteiger partial charge < -0.3 is 15.0 Å². The Morgan fingerprint density at radius 2 is 1.88 bits per heavy atom. The van der Waals surface area contributed by atoms with Crippen molar-refractivity contribution in [2.75, 3.05) is 16.8 Å². The first-order valence-electron chi connectivity index (χ1n) is 8.75. The number of anilines is 2. The molecule has 3 rings (SSSR count). The van der Waals surface area contributed by atoms with Gasteiger partial charge in [0, 0.05) is 18.7 Å². The molecule has 5 nitrogen and oxygen atoms in total. The molecule has 0 bridgehead atoms. The van der Waals surface area contributed by atoms with E-state index in [9.17, 15) is 9.59 Å². The Bertz CT molecular complexity index is 858. The summed E-state index contributed by atoms with van der Waals surface area (Å²) in [6.45, 7) is 7.77. The molecule has 0 saturated carbocycles. The van der Waals surface area contributed by atoms with Crippen LogP contribution in [0.1, 0.15) is 31.4 Å². The van der Waals surface area contributed by atoms with Crippen molar-refractivity contribution in [1.29, 1.82) is 0 Å². The first-order chi connectivity index (χ1) is 12.3. The fraction of sp³-hybridized carbons (Fsp3) is 0.333. The fourth-order valence-corrected chi connectivity index (χ4v) is 3.12. The van der Waals surface area contributed by atoms with E-state index in [0.717, 1.165) is 16.8 Å². The molecule has 2 aromatic rings. The zero-order valence-electron chi connectivity index (χ0n) is 15.6. The quantitative estimate of drug-likeness (QED) is 0.910. The van der Waals surface area contributed by atoms with Crippen molar-refractivity contribution in [2.24, 2.45) is 0 Å². The Morgan fingerprint density at radius 3 is 2.62 bits per heavy atom. The number of ether oxygens (including phenoxy) is 1. The number of nitrogens with zero attached hydrogens (tertiary/aromatic N) is 1. The van der Waals surface area contributed by atoms with Crippen molar-refractivity contribution in [3.05, 3.63) is 53.6 Å². The number of aryl methyl sites for hydroxylation is 2. The lowest BCUT2D eigenvalue weighted by atomic mass is 10.0. The van der Waals surface area contributed by atoms with Crippen LogP contribution in [0.3, 0.4) is 0 Å². The molecular formula is C21H24N2O3. The molecule has 1 heterocycles. The van der Waals surface area contributed by atoms with Crippen molar-refractivity contribution in [2.45, 2.75) is 39.7 Å². The van der Waals surface area contributed by atoms with Crippen LogP contribution < -0.4 is 15.0 Å². The minimum Gasteiger partial charge on any atom is -0.476 e. The second-order valence-electron chi connectivity index (χ2n) is 7.15. The van der Waals surface area contributed by atoms with E-state index in [2.05, 4.69) is 5.32 Å². The highest BCUT2D eigenvalue weighted by atomic mass is 16.5. The number of rotatable bonds is 4. The monoisotopic (exact) mass is 352 g/mol. The molecule has 5 heteroatoms. The smallest absolute Gasteiger partial charge is 0.270 e. The number of carbonyl (C=O) groups is 2. The minimum absolute atomic E-state index is 0.119. The summed E-state index contributed by atoms with van der Waals surface area (Å²) in [6, 6.07) is 13.3. The Labute approximate surface area is 154 Å². The molecule has 136 valence electrons. The molecule has 0 radical (unpaired) electrons. The lowest BCUT2D eigenvalue weighted by Crippen LogP contribution is -2.53. The predicted octanol–water partition coefficient (Wildman–Crippen LogP) is 3.84. The van der Waals surface area contributed by atoms with E-state index < -0.39 is 5.60 Å². The van der Waals surface area contributed by atoms with Crippen LogP contribution >= 0.6 is 0 Å². The molecule has 0 spiro atoms. The first-order valence-corrected chi connectivity index (χ1v) is 8.75. The Hall–Kier alpha value is -2.82. The first kappa shape index (κ1) is 18.0. The second kappa shape index (κ2) is 6.83. The lowest BCUT2D eigenvalue weighted by Gasteiger charge is -2.38. The molecular weight excluding hydrogens is 328 g/mol. The third-order valence-corrected chi connectivity index (χ3v) is 4.50. The van der Waals surface area contributed by atoms with Gasteiger partial charge in [-0.15, -0.1) is 0 Å². The summed E-state index contributed by atoms with van der Waals surface area (Å²) in [6.07, 6.45) is 0.212. The number of nitrogens with one attached hydrogen (secondary N) is 1. The topological polar surface area (TPSA) is 58.6 Å². The third kappa shape index (κ3) is 3.57. The largest absolute Gasteiger partial charge is 0.476 e. The second-order valence-corrected chi connectivity index (χ2v) is 7.15. The average Bonchev–Trinajstić information content (AvgIpc) is 2.57. The van der Waals surface area contributed by atoms with E-state index in [1.54, 1.807) is 18.7 Å². The summed E-state index contributed by atoms with van der Waals surface area (Å²) in [5.74, 6) is 0.397. The van der Waals surface area contributed by atoms with Gasteiger partial charge in [-0.25, -0.2) is 0 Å². The molecule has 0 aliphatic carbocycles. The molecule has 1 aliphatic heterocycles. The normalized spacial score (nSPS) is 15.2. The SMILES string of the molecule is Cc1ccc(NC(=O)CCN2C(=O)C(C)(C)Oc3ccccc32)c(C)c1. The average molecular weight is 352 g/mol. The van der Waals surface area contributed by atoms with Gasteiger partial charge in [-0.05, 0) is 51.5 Å². The van der Waals surface area contributed by atoms with Gasteiger partial charge in [-0.3, -0.25) is 9.59 Å². The number of carbonyl (C=O) groups excluding carboxylic acids is 2. The lowest BCUT2D eigenvalue weighted by molar-refractivity contribution is -0.132. The standard InChI is InChI=1S/C21H24N2O3/c1-14-9-10-16(15(2)13-14)22-19(24)11-12-23-17-7-5-6-8-18(17)26-21(3,4)20(23)25/h5-10,13H,11-12H2,1-4H3,(H,22,24). The zero-order chi connectivity index (χ0) is 18.9. The van der Waals surface area contributed by atoms with Crippen LogP contribution in [0, 0.1) is 13.8 Å². The molecule has 0 unspecified atom stereocenters. The van der Waals surface area contributed by atoms with Gasteiger partial charge in [-0.2, -0.15) is 0 Å². The number of fused-ring (bicyclic) bond motifs is 1. The van der Waals surface area contributed by atoms with Crippen molar-refractivity contribution in [3.63, 3.8) is 0 Å². The summed E-state index contributed by atoms with van der Waals surface area (Å²) in [5, 5.41) is 2.93. The van der Waals surface area contributed by atoms with Gasteiger partial charge in [-0.1, -0.05) is 29.8 Å². The molecule has 2 amide bonds. The highest BCUT2D eigenvalue weighted by Crippen LogP contribution is 2.37. The number of para-hydroxylation sites is 2. The Balaban J connectivity index is 1.72. The van der Waals surface area contributed by atoms with E-state index >= 15 is 0 Å². The molecule has 0 atom stereocenters. The summed E-state index contributed by atoms with van der Waals surface area (Å²) in [7, 11) is 0. The van der Waals surface area contributed by atoms with Crippen molar-refractivity contribution < 1.29 is 14.3 Å². The van der Waals surface area contributed by atoms with Gasteiger partial charge in [0.25, 0.3) is 5.91 Å². The van der Waals surface area contributed by atoms with Crippen LogP contribution in [-0.2, 0) is 9.59 Å². The van der Waals surface area contributed by atoms with E-state index in [1.807, 2.05) is 56.3 Å². The Morgan fingerprint density at radius 1 is 1.15 bits per heavy atom. The summed E-state index contributed by atoms with van der Waals surface area (Å²) in [4.78, 5) is 26.8. The summed E-state index contributed by atoms with van der Waals surface area (Å²) >= 11 is 0. The molecule has 2 aromatic carbocycles. The van der Waals surface area contributed by atoms with Gasteiger partial charge in [0.1, 0.15) is 5.75 Å². The van der Waals surface area contributed by atoms with Crippen LogP contribution in [0.15, 0.2) is 42.5 Å². The predicted molar refractivity (Wildman–Crippen MR) is 103 cm³/mol. The number of hydrogen-bond acceptors (Lipinski definition) is 3. The number of hydrogen-bond donors (Lipinski definition) is 1. The maximum atomic E-state index is 12.7. The van der Waals surface area contributed by atoms with E-state index in [1.165, 1.54) is 0 Å². The van der Waals surface area contributed by atoms with Crippen molar-refractivity contribution in [1.82, 2.24) is 0 Å². The zero-order valence-corrected chi connectivity index (χ0v) is 15.6. The molecule has 0 saturated heterocycles. The number of benzene rings is 2. The fourth-order valence-electron chi connectivity index (χ4n) is 3.12. The van der Waals surface area contributed by atoms with Crippen molar-refractivity contribution in [3.8, 4) is 5.75 Å². The maximum Gasteiger partial charge on any atom is 0.270 e. The van der Waals surface area contributed by atoms with E-state index in [4.69, 9.17) is 4.74 Å². The van der Waals surface area contributed by atoms with Gasteiger partial charge in [0.15, 0.2) is 5.60 Å². The van der Waals surface area contributed by atoms with Crippen LogP contribution in [0.2, 0.25) is 0 Å². The molecule has 26 heavy (non-hydrogen) atoms. The van der Waals surface area contributed by atoms with Crippen LogP contribution in [0.4, 0.5) is 11.4 Å². The van der Waals surface area contributed by atoms with Gasteiger partial charge >= 0.3 is 0 Å². The highest BCUT2D eigenvalue weighted by Gasteiger charge is 2.40. The molecule has 0 fully saturated rings. The summed E-state index contributed by atoms with van der Waals surface area (Å²) < 4.78 is 5.80. The Kier molecular flexibility index (Phi) is 4.72. The highest BCUT2D eigenvalue weighted by molar-refractivity contribution is 6.03. The third-order valence-electron chi connectivity index (χ3n) is 4.50. The summed E-state index contributed by atoms with van der Waals surface area (Å²) in [5.41, 5.74) is 2.73. The van der Waals surface area contributed by atoms with Crippen LogP contribution in [0.5, 0.6) is 5.75 Å². The van der Waals surface area contributed by atoms with Gasteiger partial charge in [0.05, 0.1) is 5.69 Å². The molecule has 1 N–H and O–H groups in total.